The van der Waals surface area contributed by atoms with Crippen LogP contribution in [-0.4, -0.2) is 0 Å². The Morgan fingerprint density at radius 2 is 1.92 bits per heavy atom. The van der Waals surface area contributed by atoms with E-state index in [0.29, 0.717) is 0 Å². The van der Waals surface area contributed by atoms with E-state index in [-0.39, 0.29) is 0 Å². The molecule has 0 unspecified atom stereocenters. The van der Waals surface area contributed by atoms with E-state index in [9.17, 15) is 0 Å². The van der Waals surface area contributed by atoms with Crippen molar-refractivity contribution in [2.45, 2.75) is 40.0 Å². The SMILES string of the molecule is CCCc1cc(C)cc(N)c1CC. The maximum Gasteiger partial charge on any atom is 0.0351 e. The van der Waals surface area contributed by atoms with Crippen molar-refractivity contribution in [1.29, 1.82) is 0 Å². The van der Waals surface area contributed by atoms with Gasteiger partial charge in [-0.15, -0.1) is 0 Å². The number of anilines is 1. The maximum atomic E-state index is 5.96. The predicted molar refractivity (Wildman–Crippen MR) is 59.0 cm³/mol. The number of rotatable bonds is 3. The molecule has 1 aromatic carbocycles. The lowest BCUT2D eigenvalue weighted by Gasteiger charge is -2.11. The molecule has 0 radical (unpaired) electrons. The Labute approximate surface area is 81.0 Å². The monoisotopic (exact) mass is 177 g/mol. The summed E-state index contributed by atoms with van der Waals surface area (Å²) in [5, 5.41) is 0. The predicted octanol–water partition coefficient (Wildman–Crippen LogP) is 3.09. The lowest BCUT2D eigenvalue weighted by molar-refractivity contribution is 0.899. The first-order valence-corrected chi connectivity index (χ1v) is 5.06. The largest absolute Gasteiger partial charge is 0.398 e. The fourth-order valence-corrected chi connectivity index (χ4v) is 1.84. The van der Waals surface area contributed by atoms with Gasteiger partial charge in [0.1, 0.15) is 0 Å². The normalized spacial score (nSPS) is 10.4. The molecule has 0 atom stereocenters. The topological polar surface area (TPSA) is 26.0 Å². The number of hydrogen-bond acceptors (Lipinski definition) is 1. The molecular formula is C12H19N. The van der Waals surface area contributed by atoms with Crippen molar-refractivity contribution in [2.75, 3.05) is 5.73 Å². The third-order valence-corrected chi connectivity index (χ3v) is 2.39. The summed E-state index contributed by atoms with van der Waals surface area (Å²) >= 11 is 0. The molecule has 0 saturated heterocycles. The summed E-state index contributed by atoms with van der Waals surface area (Å²) in [6.07, 6.45) is 3.38. The number of benzene rings is 1. The average molecular weight is 177 g/mol. The van der Waals surface area contributed by atoms with Gasteiger partial charge in [0, 0.05) is 5.69 Å². The number of nitrogens with two attached hydrogens (primary N) is 1. The molecule has 1 aromatic rings. The summed E-state index contributed by atoms with van der Waals surface area (Å²) in [5.74, 6) is 0. The Hall–Kier alpha value is -0.980. The molecule has 72 valence electrons. The molecule has 0 aliphatic rings. The molecule has 1 nitrogen and oxygen atoms in total. The van der Waals surface area contributed by atoms with Crippen molar-refractivity contribution in [3.8, 4) is 0 Å². The second kappa shape index (κ2) is 4.31. The lowest BCUT2D eigenvalue weighted by Crippen LogP contribution is -2.00. The smallest absolute Gasteiger partial charge is 0.0351 e. The molecule has 1 rings (SSSR count). The van der Waals surface area contributed by atoms with Gasteiger partial charge in [-0.2, -0.15) is 0 Å². The third kappa shape index (κ3) is 2.24. The summed E-state index contributed by atoms with van der Waals surface area (Å²) in [6, 6.07) is 4.33. The quantitative estimate of drug-likeness (QED) is 0.705. The van der Waals surface area contributed by atoms with Gasteiger partial charge in [-0.1, -0.05) is 26.3 Å². The molecule has 0 fully saturated rings. The Morgan fingerprint density at radius 3 is 2.46 bits per heavy atom. The molecule has 1 heteroatoms. The van der Waals surface area contributed by atoms with Crippen LogP contribution in [0.4, 0.5) is 5.69 Å². The van der Waals surface area contributed by atoms with Gasteiger partial charge in [0.25, 0.3) is 0 Å². The van der Waals surface area contributed by atoms with Gasteiger partial charge >= 0.3 is 0 Å². The minimum atomic E-state index is 0.964. The van der Waals surface area contributed by atoms with Crippen LogP contribution in [0.25, 0.3) is 0 Å². The van der Waals surface area contributed by atoms with Crippen LogP contribution in [0.1, 0.15) is 37.0 Å². The highest BCUT2D eigenvalue weighted by molar-refractivity contribution is 5.53. The van der Waals surface area contributed by atoms with Gasteiger partial charge in [0.2, 0.25) is 0 Å². The van der Waals surface area contributed by atoms with Crippen LogP contribution < -0.4 is 5.73 Å². The van der Waals surface area contributed by atoms with Gasteiger partial charge in [0.05, 0.1) is 0 Å². The summed E-state index contributed by atoms with van der Waals surface area (Å²) in [4.78, 5) is 0. The van der Waals surface area contributed by atoms with Crippen LogP contribution in [-0.2, 0) is 12.8 Å². The Morgan fingerprint density at radius 1 is 1.23 bits per heavy atom. The molecule has 0 bridgehead atoms. The zero-order chi connectivity index (χ0) is 9.84. The zero-order valence-corrected chi connectivity index (χ0v) is 8.85. The van der Waals surface area contributed by atoms with Crippen LogP contribution in [0.15, 0.2) is 12.1 Å². The molecule has 0 aliphatic heterocycles. The van der Waals surface area contributed by atoms with Gasteiger partial charge in [0.15, 0.2) is 0 Å². The zero-order valence-electron chi connectivity index (χ0n) is 8.85. The van der Waals surface area contributed by atoms with E-state index in [4.69, 9.17) is 5.73 Å². The highest BCUT2D eigenvalue weighted by Crippen LogP contribution is 2.21. The molecule has 2 N–H and O–H groups in total. The summed E-state index contributed by atoms with van der Waals surface area (Å²) in [5.41, 5.74) is 11.0. The second-order valence-electron chi connectivity index (χ2n) is 3.60. The highest BCUT2D eigenvalue weighted by Gasteiger charge is 2.04. The number of aryl methyl sites for hydroxylation is 2. The molecule has 0 amide bonds. The van der Waals surface area contributed by atoms with Crippen LogP contribution in [0.3, 0.4) is 0 Å². The fourth-order valence-electron chi connectivity index (χ4n) is 1.84. The third-order valence-electron chi connectivity index (χ3n) is 2.39. The van der Waals surface area contributed by atoms with Gasteiger partial charge in [-0.25, -0.2) is 0 Å². The summed E-state index contributed by atoms with van der Waals surface area (Å²) in [7, 11) is 0. The minimum Gasteiger partial charge on any atom is -0.398 e. The molecule has 0 heterocycles. The molecule has 0 spiro atoms. The second-order valence-corrected chi connectivity index (χ2v) is 3.60. The molecule has 0 aromatic heterocycles. The minimum absolute atomic E-state index is 0.964. The number of hydrogen-bond donors (Lipinski definition) is 1. The van der Waals surface area contributed by atoms with Crippen LogP contribution in [0.2, 0.25) is 0 Å². The van der Waals surface area contributed by atoms with Gasteiger partial charge in [-0.3, -0.25) is 0 Å². The first-order valence-electron chi connectivity index (χ1n) is 5.06. The van der Waals surface area contributed by atoms with E-state index in [1.807, 2.05) is 0 Å². The van der Waals surface area contributed by atoms with E-state index >= 15 is 0 Å². The van der Waals surface area contributed by atoms with Gasteiger partial charge in [-0.05, 0) is 42.5 Å². The average Bonchev–Trinajstić information content (AvgIpc) is 2.04. The lowest BCUT2D eigenvalue weighted by atomic mass is 9.97. The Balaban J connectivity index is 3.13. The van der Waals surface area contributed by atoms with Crippen molar-refractivity contribution in [2.24, 2.45) is 0 Å². The highest BCUT2D eigenvalue weighted by atomic mass is 14.6. The fraction of sp³-hybridized carbons (Fsp3) is 0.500. The van der Waals surface area contributed by atoms with Crippen molar-refractivity contribution >= 4 is 5.69 Å². The van der Waals surface area contributed by atoms with Crippen molar-refractivity contribution < 1.29 is 0 Å². The van der Waals surface area contributed by atoms with Crippen molar-refractivity contribution in [3.63, 3.8) is 0 Å². The Bertz CT molecular complexity index is 289. The standard InChI is InChI=1S/C12H19N/c1-4-6-10-7-9(3)8-12(13)11(10)5-2/h7-8H,4-6,13H2,1-3H3. The molecule has 0 aliphatic carbocycles. The van der Waals surface area contributed by atoms with E-state index in [0.717, 1.165) is 18.5 Å². The van der Waals surface area contributed by atoms with Crippen LogP contribution in [0, 0.1) is 6.92 Å². The number of nitrogen functional groups attached to an aromatic ring is 1. The van der Waals surface area contributed by atoms with E-state index in [2.05, 4.69) is 32.9 Å². The first kappa shape index (κ1) is 10.1. The van der Waals surface area contributed by atoms with Crippen LogP contribution >= 0.6 is 0 Å². The van der Waals surface area contributed by atoms with E-state index in [1.54, 1.807) is 0 Å². The maximum absolute atomic E-state index is 5.96. The van der Waals surface area contributed by atoms with Crippen molar-refractivity contribution in [1.82, 2.24) is 0 Å². The molecule has 13 heavy (non-hydrogen) atoms. The Kier molecular flexibility index (Phi) is 3.35. The van der Waals surface area contributed by atoms with Gasteiger partial charge < -0.3 is 5.73 Å². The summed E-state index contributed by atoms with van der Waals surface area (Å²) in [6.45, 7) is 6.48. The molecule has 0 saturated carbocycles. The van der Waals surface area contributed by atoms with Crippen molar-refractivity contribution in [3.05, 3.63) is 28.8 Å². The summed E-state index contributed by atoms with van der Waals surface area (Å²) < 4.78 is 0. The van der Waals surface area contributed by atoms with E-state index < -0.39 is 0 Å². The molecular weight excluding hydrogens is 158 g/mol. The van der Waals surface area contributed by atoms with E-state index in [1.165, 1.54) is 23.1 Å². The van der Waals surface area contributed by atoms with Crippen LogP contribution in [0.5, 0.6) is 0 Å². The first-order chi connectivity index (χ1) is 6.19.